The summed E-state index contributed by atoms with van der Waals surface area (Å²) in [7, 11) is -4.43. The van der Waals surface area contributed by atoms with Crippen LogP contribution < -0.4 is 4.74 Å². The second-order valence-electron chi connectivity index (χ2n) is 6.46. The fraction of sp³-hybridized carbons (Fsp3) is 0.238. The predicted octanol–water partition coefficient (Wildman–Crippen LogP) is 4.84. The normalized spacial score (nSPS) is 12.9. The Morgan fingerprint density at radius 3 is 2.27 bits per heavy atom. The minimum absolute atomic E-state index is 0.257. The number of ether oxygens (including phenoxy) is 1. The van der Waals surface area contributed by atoms with Gasteiger partial charge in [-0.2, -0.15) is 0 Å². The highest BCUT2D eigenvalue weighted by molar-refractivity contribution is 7.85. The van der Waals surface area contributed by atoms with Crippen molar-refractivity contribution in [2.75, 3.05) is 0 Å². The Morgan fingerprint density at radius 1 is 0.962 bits per heavy atom. The molecule has 0 N–H and O–H groups in total. The van der Waals surface area contributed by atoms with Crippen LogP contribution in [0.5, 0.6) is 5.75 Å². The van der Waals surface area contributed by atoms with Crippen molar-refractivity contribution in [1.82, 2.24) is 0 Å². The molecule has 0 amide bonds. The van der Waals surface area contributed by atoms with Gasteiger partial charge in [0.25, 0.3) is 0 Å². The lowest BCUT2D eigenvalue weighted by molar-refractivity contribution is 0.306. The molecule has 4 nitrogen and oxygen atoms in total. The Bertz CT molecular complexity index is 1010. The van der Waals surface area contributed by atoms with E-state index in [1.807, 2.05) is 6.07 Å². The minimum Gasteiger partial charge on any atom is -0.744 e. The SMILES string of the molecule is CCC(C)c1ccc2cc(COc3ccc(S(=O)(=O)[O-])cc3)ccc2c1. The van der Waals surface area contributed by atoms with Gasteiger partial charge in [0.2, 0.25) is 0 Å². The minimum atomic E-state index is -4.43. The van der Waals surface area contributed by atoms with Crippen LogP contribution in [0.25, 0.3) is 10.8 Å². The summed E-state index contributed by atoms with van der Waals surface area (Å²) in [6.45, 7) is 4.79. The third-order valence-electron chi connectivity index (χ3n) is 4.63. The first-order chi connectivity index (χ1) is 12.4. The highest BCUT2D eigenvalue weighted by Crippen LogP contribution is 2.25. The second-order valence-corrected chi connectivity index (χ2v) is 7.84. The first-order valence-electron chi connectivity index (χ1n) is 8.58. The number of benzene rings is 3. The van der Waals surface area contributed by atoms with Crippen molar-refractivity contribution < 1.29 is 17.7 Å². The molecule has 3 aromatic rings. The monoisotopic (exact) mass is 369 g/mol. The van der Waals surface area contributed by atoms with E-state index in [9.17, 15) is 13.0 Å². The zero-order chi connectivity index (χ0) is 18.7. The fourth-order valence-corrected chi connectivity index (χ4v) is 3.28. The summed E-state index contributed by atoms with van der Waals surface area (Å²) in [5, 5.41) is 2.36. The first kappa shape index (κ1) is 18.4. The van der Waals surface area contributed by atoms with E-state index in [4.69, 9.17) is 4.74 Å². The molecule has 0 aliphatic heterocycles. The summed E-state index contributed by atoms with van der Waals surface area (Å²) in [5.41, 5.74) is 2.37. The summed E-state index contributed by atoms with van der Waals surface area (Å²) in [6, 6.07) is 18.2. The van der Waals surface area contributed by atoms with Crippen molar-refractivity contribution in [2.24, 2.45) is 0 Å². The van der Waals surface area contributed by atoms with Gasteiger partial charge in [-0.3, -0.25) is 0 Å². The Hall–Kier alpha value is -2.37. The molecule has 0 bridgehead atoms. The summed E-state index contributed by atoms with van der Waals surface area (Å²) in [4.78, 5) is -0.257. The first-order valence-corrected chi connectivity index (χ1v) is 9.99. The van der Waals surface area contributed by atoms with Gasteiger partial charge in [0, 0.05) is 0 Å². The predicted molar refractivity (Wildman–Crippen MR) is 101 cm³/mol. The standard InChI is InChI=1S/C21H22O4S/c1-3-15(2)17-6-7-18-12-16(4-5-19(18)13-17)14-25-20-8-10-21(11-9-20)26(22,23)24/h4-13,15H,3,14H2,1-2H3,(H,22,23,24)/p-1. The van der Waals surface area contributed by atoms with Gasteiger partial charge in [-0.1, -0.05) is 44.2 Å². The molecule has 0 spiro atoms. The van der Waals surface area contributed by atoms with E-state index in [2.05, 4.69) is 44.2 Å². The van der Waals surface area contributed by atoms with Crippen LogP contribution in [0.4, 0.5) is 0 Å². The molecule has 0 saturated heterocycles. The maximum atomic E-state index is 10.9. The van der Waals surface area contributed by atoms with E-state index < -0.39 is 10.1 Å². The van der Waals surface area contributed by atoms with Crippen LogP contribution in [0.3, 0.4) is 0 Å². The van der Waals surface area contributed by atoms with Crippen LogP contribution in [0.15, 0.2) is 65.6 Å². The van der Waals surface area contributed by atoms with Crippen LogP contribution in [0.2, 0.25) is 0 Å². The van der Waals surface area contributed by atoms with Gasteiger partial charge in [0.15, 0.2) is 0 Å². The van der Waals surface area contributed by atoms with Crippen molar-refractivity contribution in [2.45, 2.75) is 37.7 Å². The average molecular weight is 369 g/mol. The molecule has 0 saturated carbocycles. The number of hydrogen-bond donors (Lipinski definition) is 0. The van der Waals surface area contributed by atoms with E-state index in [0.29, 0.717) is 18.3 Å². The Morgan fingerprint density at radius 2 is 1.62 bits per heavy atom. The molecule has 0 aliphatic rings. The lowest BCUT2D eigenvalue weighted by Crippen LogP contribution is -1.99. The molecule has 0 radical (unpaired) electrons. The molecule has 26 heavy (non-hydrogen) atoms. The van der Waals surface area contributed by atoms with Crippen molar-refractivity contribution in [3.05, 3.63) is 71.8 Å². The van der Waals surface area contributed by atoms with Crippen LogP contribution >= 0.6 is 0 Å². The lowest BCUT2D eigenvalue weighted by Gasteiger charge is -2.12. The average Bonchev–Trinajstić information content (AvgIpc) is 2.64. The molecule has 0 aliphatic carbocycles. The van der Waals surface area contributed by atoms with Crippen molar-refractivity contribution in [3.8, 4) is 5.75 Å². The molecule has 3 aromatic carbocycles. The van der Waals surface area contributed by atoms with E-state index in [0.717, 1.165) is 17.4 Å². The fourth-order valence-electron chi connectivity index (χ4n) is 2.81. The third-order valence-corrected chi connectivity index (χ3v) is 5.48. The summed E-state index contributed by atoms with van der Waals surface area (Å²) in [6.07, 6.45) is 1.11. The topological polar surface area (TPSA) is 66.4 Å². The Labute approximate surface area is 154 Å². The smallest absolute Gasteiger partial charge is 0.124 e. The molecule has 0 heterocycles. The van der Waals surface area contributed by atoms with E-state index >= 15 is 0 Å². The number of fused-ring (bicyclic) bond motifs is 1. The zero-order valence-corrected chi connectivity index (χ0v) is 15.6. The van der Waals surface area contributed by atoms with Gasteiger partial charge >= 0.3 is 0 Å². The van der Waals surface area contributed by atoms with Gasteiger partial charge in [0.05, 0.1) is 4.90 Å². The quantitative estimate of drug-likeness (QED) is 0.583. The largest absolute Gasteiger partial charge is 0.744 e. The van der Waals surface area contributed by atoms with Crippen molar-refractivity contribution in [3.63, 3.8) is 0 Å². The Kier molecular flexibility index (Phi) is 5.30. The Balaban J connectivity index is 1.73. The molecule has 136 valence electrons. The van der Waals surface area contributed by atoms with Gasteiger partial charge < -0.3 is 9.29 Å². The van der Waals surface area contributed by atoms with Crippen LogP contribution in [-0.2, 0) is 16.7 Å². The van der Waals surface area contributed by atoms with Crippen molar-refractivity contribution >= 4 is 20.9 Å². The van der Waals surface area contributed by atoms with E-state index in [-0.39, 0.29) is 4.90 Å². The number of hydrogen-bond acceptors (Lipinski definition) is 4. The summed E-state index contributed by atoms with van der Waals surface area (Å²) in [5.74, 6) is 1.06. The molecule has 1 atom stereocenters. The maximum Gasteiger partial charge on any atom is 0.124 e. The van der Waals surface area contributed by atoms with Crippen LogP contribution in [0.1, 0.15) is 37.3 Å². The van der Waals surface area contributed by atoms with Gasteiger partial charge in [-0.15, -0.1) is 0 Å². The highest BCUT2D eigenvalue weighted by atomic mass is 32.2. The van der Waals surface area contributed by atoms with E-state index in [1.165, 1.54) is 35.2 Å². The maximum absolute atomic E-state index is 10.9. The lowest BCUT2D eigenvalue weighted by atomic mass is 9.95. The summed E-state index contributed by atoms with van der Waals surface area (Å²) >= 11 is 0. The van der Waals surface area contributed by atoms with Gasteiger partial charge in [0.1, 0.15) is 22.5 Å². The molecular weight excluding hydrogens is 348 g/mol. The third kappa shape index (κ3) is 4.23. The van der Waals surface area contributed by atoms with Gasteiger partial charge in [-0.05, 0) is 64.6 Å². The molecule has 0 fully saturated rings. The highest BCUT2D eigenvalue weighted by Gasteiger charge is 2.05. The van der Waals surface area contributed by atoms with Crippen LogP contribution in [-0.4, -0.2) is 13.0 Å². The molecular formula is C21H21O4S-. The second kappa shape index (κ2) is 7.48. The van der Waals surface area contributed by atoms with Crippen LogP contribution in [0, 0.1) is 0 Å². The van der Waals surface area contributed by atoms with E-state index in [1.54, 1.807) is 0 Å². The molecule has 1 unspecified atom stereocenters. The zero-order valence-electron chi connectivity index (χ0n) is 14.8. The number of rotatable bonds is 6. The van der Waals surface area contributed by atoms with Gasteiger partial charge in [-0.25, -0.2) is 8.42 Å². The molecule has 3 rings (SSSR count). The molecule has 0 aromatic heterocycles. The van der Waals surface area contributed by atoms with Crippen molar-refractivity contribution in [1.29, 1.82) is 0 Å². The molecule has 5 heteroatoms. The summed E-state index contributed by atoms with van der Waals surface area (Å²) < 4.78 is 38.5.